The molecule has 1 fully saturated rings. The van der Waals surface area contributed by atoms with Crippen molar-refractivity contribution in [3.8, 4) is 0 Å². The number of hydrogen-bond donors (Lipinski definition) is 1. The fraction of sp³-hybridized carbons (Fsp3) is 0.381. The maximum Gasteiger partial charge on any atom is 0.247 e. The zero-order chi connectivity index (χ0) is 19.2. The first-order valence-corrected chi connectivity index (χ1v) is 10.3. The quantitative estimate of drug-likeness (QED) is 0.735. The van der Waals surface area contributed by atoms with Crippen LogP contribution in [0.5, 0.6) is 0 Å². The highest BCUT2D eigenvalue weighted by molar-refractivity contribution is 7.98. The summed E-state index contributed by atoms with van der Waals surface area (Å²) in [5.41, 5.74) is 1.87. The topological polar surface area (TPSA) is 62.3 Å². The van der Waals surface area contributed by atoms with E-state index in [2.05, 4.69) is 10.3 Å². The van der Waals surface area contributed by atoms with Crippen molar-refractivity contribution in [2.45, 2.75) is 43.5 Å². The summed E-state index contributed by atoms with van der Waals surface area (Å²) in [6, 6.07) is 13.3. The normalized spacial score (nSPS) is 15.2. The van der Waals surface area contributed by atoms with Crippen molar-refractivity contribution in [2.24, 2.45) is 5.92 Å². The molecule has 1 atom stereocenters. The number of nitrogens with zero attached hydrogens (tertiary/aromatic N) is 2. The van der Waals surface area contributed by atoms with Gasteiger partial charge in [0, 0.05) is 30.6 Å². The van der Waals surface area contributed by atoms with Gasteiger partial charge in [-0.15, -0.1) is 11.8 Å². The van der Waals surface area contributed by atoms with Crippen molar-refractivity contribution >= 4 is 29.3 Å². The Morgan fingerprint density at radius 3 is 2.78 bits per heavy atom. The monoisotopic (exact) mass is 383 g/mol. The van der Waals surface area contributed by atoms with Gasteiger partial charge in [-0.2, -0.15) is 0 Å². The third kappa shape index (κ3) is 5.10. The molecule has 1 aromatic heterocycles. The molecular weight excluding hydrogens is 358 g/mol. The van der Waals surface area contributed by atoms with Crippen LogP contribution in [0.15, 0.2) is 53.7 Å². The van der Waals surface area contributed by atoms with Crippen LogP contribution in [-0.2, 0) is 15.3 Å². The van der Waals surface area contributed by atoms with Crippen LogP contribution >= 0.6 is 11.8 Å². The van der Waals surface area contributed by atoms with E-state index in [4.69, 9.17) is 0 Å². The number of benzene rings is 1. The Hall–Kier alpha value is -2.34. The summed E-state index contributed by atoms with van der Waals surface area (Å²) >= 11 is 1.66. The summed E-state index contributed by atoms with van der Waals surface area (Å²) < 4.78 is 0. The van der Waals surface area contributed by atoms with Crippen LogP contribution in [0.3, 0.4) is 0 Å². The van der Waals surface area contributed by atoms with E-state index in [0.717, 1.165) is 28.5 Å². The summed E-state index contributed by atoms with van der Waals surface area (Å²) in [7, 11) is 0. The minimum Gasteiger partial charge on any atom is -0.330 e. The molecule has 27 heavy (non-hydrogen) atoms. The lowest BCUT2D eigenvalue weighted by Crippen LogP contribution is -2.47. The zero-order valence-electron chi connectivity index (χ0n) is 15.7. The van der Waals surface area contributed by atoms with E-state index in [-0.39, 0.29) is 17.7 Å². The molecule has 1 N–H and O–H groups in total. The van der Waals surface area contributed by atoms with Crippen molar-refractivity contribution in [1.29, 1.82) is 0 Å². The van der Waals surface area contributed by atoms with Gasteiger partial charge in [-0.25, -0.2) is 4.98 Å². The van der Waals surface area contributed by atoms with E-state index >= 15 is 0 Å². The number of aromatic nitrogens is 1. The van der Waals surface area contributed by atoms with Gasteiger partial charge in [0.2, 0.25) is 11.8 Å². The maximum atomic E-state index is 12.9. The van der Waals surface area contributed by atoms with Crippen molar-refractivity contribution in [2.75, 3.05) is 11.9 Å². The Bertz CT molecular complexity index is 795. The van der Waals surface area contributed by atoms with E-state index in [9.17, 15) is 9.59 Å². The summed E-state index contributed by atoms with van der Waals surface area (Å²) in [6.45, 7) is 4.63. The predicted octanol–water partition coefficient (Wildman–Crippen LogP) is 3.96. The van der Waals surface area contributed by atoms with Gasteiger partial charge in [0.15, 0.2) is 0 Å². The molecule has 1 unspecified atom stereocenters. The molecule has 3 rings (SSSR count). The number of thioether (sulfide) groups is 1. The molecular formula is C21H25N3O2S. The minimum atomic E-state index is -0.424. The van der Waals surface area contributed by atoms with E-state index in [0.29, 0.717) is 13.0 Å². The van der Waals surface area contributed by atoms with Gasteiger partial charge in [-0.1, -0.05) is 32.0 Å². The van der Waals surface area contributed by atoms with Crippen LogP contribution in [0, 0.1) is 5.92 Å². The third-order valence-corrected chi connectivity index (χ3v) is 5.58. The third-order valence-electron chi connectivity index (χ3n) is 4.56. The first-order chi connectivity index (χ1) is 13.0. The average molecular weight is 384 g/mol. The number of amides is 2. The van der Waals surface area contributed by atoms with Gasteiger partial charge in [-0.05, 0) is 42.2 Å². The van der Waals surface area contributed by atoms with E-state index < -0.39 is 6.04 Å². The largest absolute Gasteiger partial charge is 0.330 e. The Labute approximate surface area is 164 Å². The smallest absolute Gasteiger partial charge is 0.247 e. The van der Waals surface area contributed by atoms with Gasteiger partial charge in [-0.3, -0.25) is 9.59 Å². The molecule has 5 nitrogen and oxygen atoms in total. The first kappa shape index (κ1) is 19.4. The second-order valence-electron chi connectivity index (χ2n) is 7.03. The summed E-state index contributed by atoms with van der Waals surface area (Å²) in [6.07, 6.45) is 3.15. The molecule has 2 heterocycles. The van der Waals surface area contributed by atoms with E-state index in [1.54, 1.807) is 22.9 Å². The van der Waals surface area contributed by atoms with E-state index in [1.165, 1.54) is 0 Å². The van der Waals surface area contributed by atoms with Crippen LogP contribution in [0.4, 0.5) is 5.69 Å². The van der Waals surface area contributed by atoms with Crippen molar-refractivity contribution < 1.29 is 9.59 Å². The summed E-state index contributed by atoms with van der Waals surface area (Å²) in [5, 5.41) is 3.97. The average Bonchev–Trinajstić information content (AvgIpc) is 3.06. The van der Waals surface area contributed by atoms with Crippen molar-refractivity contribution in [3.63, 3.8) is 0 Å². The Morgan fingerprint density at radius 2 is 2.11 bits per heavy atom. The number of hydrogen-bond acceptors (Lipinski definition) is 4. The SMILES string of the molecule is CC(C)C(C(=O)Nc1cccc(CSc2ccccn2)c1)N1CCCC1=O. The standard InChI is InChI=1S/C21H25N3O2S/c1-15(2)20(24-12-6-10-19(24)25)21(26)23-17-8-5-7-16(13-17)14-27-18-9-3-4-11-22-18/h3-5,7-9,11,13,15,20H,6,10,12,14H2,1-2H3,(H,23,26). The number of carbonyl (C=O) groups excluding carboxylic acids is 2. The lowest BCUT2D eigenvalue weighted by atomic mass is 10.0. The highest BCUT2D eigenvalue weighted by Crippen LogP contribution is 2.24. The van der Waals surface area contributed by atoms with Gasteiger partial charge < -0.3 is 10.2 Å². The van der Waals surface area contributed by atoms with Gasteiger partial charge in [0.25, 0.3) is 0 Å². The fourth-order valence-electron chi connectivity index (χ4n) is 3.31. The summed E-state index contributed by atoms with van der Waals surface area (Å²) in [5.74, 6) is 0.799. The number of carbonyl (C=O) groups is 2. The summed E-state index contributed by atoms with van der Waals surface area (Å²) in [4.78, 5) is 31.0. The molecule has 6 heteroatoms. The first-order valence-electron chi connectivity index (χ1n) is 9.27. The van der Waals surface area contributed by atoms with Gasteiger partial charge >= 0.3 is 0 Å². The fourth-order valence-corrected chi connectivity index (χ4v) is 4.12. The van der Waals surface area contributed by atoms with Crippen LogP contribution < -0.4 is 5.32 Å². The molecule has 1 aliphatic heterocycles. The molecule has 2 amide bonds. The Kier molecular flexibility index (Phi) is 6.50. The molecule has 0 saturated carbocycles. The molecule has 0 aliphatic carbocycles. The van der Waals surface area contributed by atoms with Crippen molar-refractivity contribution in [3.05, 3.63) is 54.2 Å². The Morgan fingerprint density at radius 1 is 1.26 bits per heavy atom. The number of rotatable bonds is 7. The second-order valence-corrected chi connectivity index (χ2v) is 8.02. The van der Waals surface area contributed by atoms with Gasteiger partial charge in [0.1, 0.15) is 6.04 Å². The molecule has 2 aromatic rings. The molecule has 0 bridgehead atoms. The molecule has 0 spiro atoms. The Balaban J connectivity index is 1.65. The molecule has 0 radical (unpaired) electrons. The van der Waals surface area contributed by atoms with E-state index in [1.807, 2.05) is 56.3 Å². The van der Waals surface area contributed by atoms with Crippen LogP contribution in [0.2, 0.25) is 0 Å². The van der Waals surface area contributed by atoms with Crippen molar-refractivity contribution in [1.82, 2.24) is 9.88 Å². The number of likely N-dealkylation sites (tertiary alicyclic amines) is 1. The van der Waals surface area contributed by atoms with Crippen LogP contribution in [-0.4, -0.2) is 34.3 Å². The number of pyridine rings is 1. The lowest BCUT2D eigenvalue weighted by molar-refractivity contribution is -0.136. The molecule has 1 aliphatic rings. The molecule has 142 valence electrons. The highest BCUT2D eigenvalue weighted by atomic mass is 32.2. The highest BCUT2D eigenvalue weighted by Gasteiger charge is 2.34. The predicted molar refractivity (Wildman–Crippen MR) is 108 cm³/mol. The maximum absolute atomic E-state index is 12.9. The van der Waals surface area contributed by atoms with Gasteiger partial charge in [0.05, 0.1) is 5.03 Å². The molecule has 1 saturated heterocycles. The zero-order valence-corrected chi connectivity index (χ0v) is 16.5. The van der Waals surface area contributed by atoms with Crippen LogP contribution in [0.25, 0.3) is 0 Å². The number of nitrogens with one attached hydrogen (secondary N) is 1. The minimum absolute atomic E-state index is 0.0648. The second kappa shape index (κ2) is 9.04. The lowest BCUT2D eigenvalue weighted by Gasteiger charge is -2.29. The molecule has 1 aromatic carbocycles. The van der Waals surface area contributed by atoms with Crippen LogP contribution in [0.1, 0.15) is 32.3 Å². The number of anilines is 1.